The number of nitrogens with zero attached hydrogens (tertiary/aromatic N) is 3. The summed E-state index contributed by atoms with van der Waals surface area (Å²) in [7, 11) is 1.95. The normalized spacial score (nSPS) is 11.4. The van der Waals surface area contributed by atoms with E-state index in [4.69, 9.17) is 9.84 Å². The van der Waals surface area contributed by atoms with Crippen molar-refractivity contribution in [1.82, 2.24) is 9.88 Å². The fourth-order valence-corrected chi connectivity index (χ4v) is 1.48. The Bertz CT molecular complexity index is 394. The summed E-state index contributed by atoms with van der Waals surface area (Å²) in [6.45, 7) is 6.00. The van der Waals surface area contributed by atoms with Crippen molar-refractivity contribution in [3.8, 4) is 5.75 Å². The predicted molar refractivity (Wildman–Crippen MR) is 72.9 cm³/mol. The van der Waals surface area contributed by atoms with E-state index >= 15 is 0 Å². The van der Waals surface area contributed by atoms with Crippen LogP contribution in [0.5, 0.6) is 5.75 Å². The molecule has 18 heavy (non-hydrogen) atoms. The number of aliphatic hydroxyl groups is 1. The van der Waals surface area contributed by atoms with Crippen LogP contribution in [-0.4, -0.2) is 54.6 Å². The summed E-state index contributed by atoms with van der Waals surface area (Å²) in [4.78, 5) is 10.4. The molecule has 100 valence electrons. The Labute approximate surface area is 108 Å². The SMILES string of the molecule is CC=Nc1ncc(OCCN(C)CCO)cc1C. The van der Waals surface area contributed by atoms with Crippen molar-refractivity contribution < 1.29 is 9.84 Å². The van der Waals surface area contributed by atoms with E-state index in [2.05, 4.69) is 9.98 Å². The number of aliphatic imine (C=N–C) groups is 1. The zero-order valence-corrected chi connectivity index (χ0v) is 11.3. The molecule has 1 heterocycles. The summed E-state index contributed by atoms with van der Waals surface area (Å²) < 4.78 is 5.60. The average molecular weight is 251 g/mol. The second-order valence-corrected chi connectivity index (χ2v) is 4.07. The molecule has 0 aromatic carbocycles. The Hall–Kier alpha value is -1.46. The molecule has 0 bridgehead atoms. The van der Waals surface area contributed by atoms with Gasteiger partial charge in [0.15, 0.2) is 5.82 Å². The number of aryl methyl sites for hydroxylation is 1. The number of aromatic nitrogens is 1. The molecule has 0 spiro atoms. The van der Waals surface area contributed by atoms with Crippen molar-refractivity contribution in [3.05, 3.63) is 17.8 Å². The first kappa shape index (κ1) is 14.6. The fraction of sp³-hybridized carbons (Fsp3) is 0.538. The maximum absolute atomic E-state index is 8.76. The van der Waals surface area contributed by atoms with Crippen molar-refractivity contribution in [2.24, 2.45) is 4.99 Å². The van der Waals surface area contributed by atoms with E-state index in [1.165, 1.54) is 0 Å². The van der Waals surface area contributed by atoms with Gasteiger partial charge in [-0.25, -0.2) is 9.98 Å². The van der Waals surface area contributed by atoms with Gasteiger partial charge in [0.25, 0.3) is 0 Å². The van der Waals surface area contributed by atoms with Gasteiger partial charge in [-0.2, -0.15) is 0 Å². The highest BCUT2D eigenvalue weighted by Crippen LogP contribution is 2.19. The van der Waals surface area contributed by atoms with E-state index in [-0.39, 0.29) is 6.61 Å². The molecule has 0 fully saturated rings. The van der Waals surface area contributed by atoms with Gasteiger partial charge in [-0.05, 0) is 32.5 Å². The van der Waals surface area contributed by atoms with Crippen molar-refractivity contribution in [2.45, 2.75) is 13.8 Å². The van der Waals surface area contributed by atoms with Gasteiger partial charge in [0.2, 0.25) is 0 Å². The molecule has 0 radical (unpaired) electrons. The van der Waals surface area contributed by atoms with Crippen molar-refractivity contribution >= 4 is 12.0 Å². The average Bonchev–Trinajstić information content (AvgIpc) is 2.33. The van der Waals surface area contributed by atoms with Crippen LogP contribution in [0.25, 0.3) is 0 Å². The molecule has 1 rings (SSSR count). The lowest BCUT2D eigenvalue weighted by Gasteiger charge is -2.15. The molecular formula is C13H21N3O2. The van der Waals surface area contributed by atoms with Crippen molar-refractivity contribution in [2.75, 3.05) is 33.4 Å². The van der Waals surface area contributed by atoms with E-state index in [1.54, 1.807) is 12.4 Å². The Morgan fingerprint density at radius 3 is 2.89 bits per heavy atom. The van der Waals surface area contributed by atoms with Gasteiger partial charge in [0.05, 0.1) is 12.8 Å². The van der Waals surface area contributed by atoms with Crippen LogP contribution in [0.4, 0.5) is 5.82 Å². The summed E-state index contributed by atoms with van der Waals surface area (Å²) in [6.07, 6.45) is 3.40. The van der Waals surface area contributed by atoms with E-state index in [9.17, 15) is 0 Å². The van der Waals surface area contributed by atoms with E-state index in [1.807, 2.05) is 31.9 Å². The Morgan fingerprint density at radius 1 is 1.50 bits per heavy atom. The second-order valence-electron chi connectivity index (χ2n) is 4.07. The van der Waals surface area contributed by atoms with E-state index in [0.29, 0.717) is 13.2 Å². The monoisotopic (exact) mass is 251 g/mol. The van der Waals surface area contributed by atoms with Crippen LogP contribution in [0.2, 0.25) is 0 Å². The quantitative estimate of drug-likeness (QED) is 0.744. The number of hydrogen-bond donors (Lipinski definition) is 1. The molecule has 5 heteroatoms. The zero-order valence-electron chi connectivity index (χ0n) is 11.3. The highest BCUT2D eigenvalue weighted by Gasteiger charge is 2.02. The molecule has 0 atom stereocenters. The molecule has 1 aromatic rings. The number of rotatable bonds is 7. The predicted octanol–water partition coefficient (Wildman–Crippen LogP) is 1.42. The highest BCUT2D eigenvalue weighted by atomic mass is 16.5. The number of aliphatic hydroxyl groups excluding tert-OH is 1. The van der Waals surface area contributed by atoms with Crippen molar-refractivity contribution in [3.63, 3.8) is 0 Å². The molecule has 0 saturated heterocycles. The van der Waals surface area contributed by atoms with Gasteiger partial charge in [-0.1, -0.05) is 0 Å². The summed E-state index contributed by atoms with van der Waals surface area (Å²) >= 11 is 0. The highest BCUT2D eigenvalue weighted by molar-refractivity contribution is 5.60. The summed E-state index contributed by atoms with van der Waals surface area (Å²) in [6, 6.07) is 1.93. The lowest BCUT2D eigenvalue weighted by molar-refractivity contribution is 0.192. The van der Waals surface area contributed by atoms with Gasteiger partial charge < -0.3 is 14.7 Å². The maximum Gasteiger partial charge on any atom is 0.154 e. The molecule has 0 saturated carbocycles. The Balaban J connectivity index is 2.46. The smallest absolute Gasteiger partial charge is 0.154 e. The van der Waals surface area contributed by atoms with Crippen LogP contribution in [0.3, 0.4) is 0 Å². The van der Waals surface area contributed by atoms with Crippen LogP contribution in [0, 0.1) is 6.92 Å². The topological polar surface area (TPSA) is 58.0 Å². The van der Waals surface area contributed by atoms with Crippen LogP contribution in [-0.2, 0) is 0 Å². The van der Waals surface area contributed by atoms with Crippen LogP contribution < -0.4 is 4.74 Å². The molecular weight excluding hydrogens is 230 g/mol. The molecule has 0 amide bonds. The minimum Gasteiger partial charge on any atom is -0.491 e. The minimum atomic E-state index is 0.168. The fourth-order valence-electron chi connectivity index (χ4n) is 1.48. The Morgan fingerprint density at radius 2 is 2.28 bits per heavy atom. The summed E-state index contributed by atoms with van der Waals surface area (Å²) in [5.74, 6) is 1.47. The molecule has 0 aliphatic carbocycles. The van der Waals surface area contributed by atoms with Gasteiger partial charge in [-0.15, -0.1) is 0 Å². The number of likely N-dealkylation sites (N-methyl/N-ethyl adjacent to an activating group) is 1. The van der Waals surface area contributed by atoms with Crippen LogP contribution in [0.15, 0.2) is 17.3 Å². The van der Waals surface area contributed by atoms with Gasteiger partial charge in [0, 0.05) is 19.3 Å². The molecule has 5 nitrogen and oxygen atoms in total. The first-order chi connectivity index (χ1) is 8.67. The second kappa shape index (κ2) is 7.79. The largest absolute Gasteiger partial charge is 0.491 e. The van der Waals surface area contributed by atoms with Crippen molar-refractivity contribution in [1.29, 1.82) is 0 Å². The van der Waals surface area contributed by atoms with Gasteiger partial charge in [-0.3, -0.25) is 0 Å². The van der Waals surface area contributed by atoms with Crippen LogP contribution in [0.1, 0.15) is 12.5 Å². The zero-order chi connectivity index (χ0) is 13.4. The number of hydrogen-bond acceptors (Lipinski definition) is 5. The van der Waals surface area contributed by atoms with E-state index in [0.717, 1.165) is 23.7 Å². The standard InChI is InChI=1S/C13H21N3O2/c1-4-14-13-11(2)9-12(10-15-13)18-8-6-16(3)5-7-17/h4,9-10,17H,5-8H2,1-3H3. The third-order valence-electron chi connectivity index (χ3n) is 2.50. The maximum atomic E-state index is 8.76. The molecule has 0 aliphatic heterocycles. The summed E-state index contributed by atoms with van der Waals surface area (Å²) in [5.41, 5.74) is 0.995. The van der Waals surface area contributed by atoms with Gasteiger partial charge in [0.1, 0.15) is 12.4 Å². The first-order valence-electron chi connectivity index (χ1n) is 6.05. The molecule has 0 aliphatic rings. The molecule has 0 unspecified atom stereocenters. The van der Waals surface area contributed by atoms with E-state index < -0.39 is 0 Å². The first-order valence-corrected chi connectivity index (χ1v) is 6.05. The van der Waals surface area contributed by atoms with Crippen LogP contribution >= 0.6 is 0 Å². The van der Waals surface area contributed by atoms with Gasteiger partial charge >= 0.3 is 0 Å². The Kier molecular flexibility index (Phi) is 6.32. The molecule has 1 N–H and O–H groups in total. The summed E-state index contributed by atoms with van der Waals surface area (Å²) in [5, 5.41) is 8.76. The number of ether oxygens (including phenoxy) is 1. The molecule has 1 aromatic heterocycles. The minimum absolute atomic E-state index is 0.168. The third-order valence-corrected chi connectivity index (χ3v) is 2.50. The third kappa shape index (κ3) is 4.81. The number of pyridine rings is 1. The lowest BCUT2D eigenvalue weighted by atomic mass is 10.3. The lowest BCUT2D eigenvalue weighted by Crippen LogP contribution is -2.27.